The van der Waals surface area contributed by atoms with E-state index in [-0.39, 0.29) is 40.2 Å². The van der Waals surface area contributed by atoms with Gasteiger partial charge in [0.05, 0.1) is 29.2 Å². The number of nitrogens with two attached hydrogens (primary N) is 3. The highest BCUT2D eigenvalue weighted by molar-refractivity contribution is 8.03. The summed E-state index contributed by atoms with van der Waals surface area (Å²) in [6.45, 7) is 1.46. The molecule has 16 nitrogen and oxygen atoms in total. The number of rotatable bonds is 11. The third-order valence-corrected chi connectivity index (χ3v) is 9.25. The van der Waals surface area contributed by atoms with Crippen molar-refractivity contribution >= 4 is 75.3 Å². The lowest BCUT2D eigenvalue weighted by molar-refractivity contribution is -0.530. The minimum absolute atomic E-state index is 0.0665. The zero-order chi connectivity index (χ0) is 30.0. The van der Waals surface area contributed by atoms with Crippen LogP contribution in [-0.4, -0.2) is 97.6 Å². The van der Waals surface area contributed by atoms with E-state index in [9.17, 15) is 24.3 Å². The van der Waals surface area contributed by atoms with Crippen LogP contribution in [0.1, 0.15) is 19.0 Å². The maximum Gasteiger partial charge on any atom is 0.307 e. The number of thiazole rings is 1. The maximum absolute atomic E-state index is 13.2. The number of carbonyl (C=O) groups excluding carboxylic acids is 3. The van der Waals surface area contributed by atoms with Crippen molar-refractivity contribution < 1.29 is 39.2 Å². The summed E-state index contributed by atoms with van der Waals surface area (Å²) in [7, 11) is 1.75. The molecule has 3 aliphatic heterocycles. The van der Waals surface area contributed by atoms with Crippen molar-refractivity contribution in [3.63, 3.8) is 0 Å². The fraction of sp³-hybridized carbons (Fsp3) is 0.409. The van der Waals surface area contributed by atoms with Crippen molar-refractivity contribution in [3.05, 3.63) is 33.4 Å². The molecule has 1 aromatic heterocycles. The Hall–Kier alpha value is -3.81. The summed E-state index contributed by atoms with van der Waals surface area (Å²) in [5.74, 6) is -3.25. The molecule has 0 saturated carbocycles. The third kappa shape index (κ3) is 6.58. The molecule has 0 aliphatic carbocycles. The lowest BCUT2D eigenvalue weighted by Crippen LogP contribution is -2.89. The van der Waals surface area contributed by atoms with Crippen LogP contribution < -0.4 is 32.6 Å². The summed E-state index contributed by atoms with van der Waals surface area (Å²) < 4.78 is 0. The minimum atomic E-state index is -1.51. The number of nitrogens with zero attached hydrogens (tertiary/aromatic N) is 4. The van der Waals surface area contributed by atoms with Gasteiger partial charge in [0.25, 0.3) is 17.6 Å². The van der Waals surface area contributed by atoms with Crippen LogP contribution in [0, 0.1) is 0 Å². The number of thioether (sulfide) groups is 2. The van der Waals surface area contributed by atoms with E-state index < -0.39 is 47.6 Å². The molecule has 1 saturated heterocycles. The molecule has 19 heteroatoms. The second-order valence-corrected chi connectivity index (χ2v) is 12.0. The van der Waals surface area contributed by atoms with Gasteiger partial charge in [-0.15, -0.1) is 34.9 Å². The first-order valence-corrected chi connectivity index (χ1v) is 14.9. The third-order valence-electron chi connectivity index (χ3n) is 6.05. The molecule has 1 aromatic rings. The minimum Gasteiger partial charge on any atom is -0.543 e. The Morgan fingerprint density at radius 1 is 1.41 bits per heavy atom. The Morgan fingerprint density at radius 3 is 2.78 bits per heavy atom. The van der Waals surface area contributed by atoms with E-state index in [1.165, 1.54) is 35.8 Å². The van der Waals surface area contributed by atoms with Crippen LogP contribution in [0.4, 0.5) is 5.13 Å². The summed E-state index contributed by atoms with van der Waals surface area (Å²) >= 11 is 3.63. The molecule has 4 atom stereocenters. The first-order chi connectivity index (χ1) is 19.4. The van der Waals surface area contributed by atoms with Gasteiger partial charge in [-0.1, -0.05) is 5.16 Å². The van der Waals surface area contributed by atoms with E-state index in [1.54, 1.807) is 18.0 Å². The van der Waals surface area contributed by atoms with Gasteiger partial charge in [-0.05, 0) is 12.5 Å². The van der Waals surface area contributed by atoms with Gasteiger partial charge >= 0.3 is 5.97 Å². The fourth-order valence-electron chi connectivity index (χ4n) is 4.00. The average molecular weight is 626 g/mol. The number of carboxylic acids is 2. The highest BCUT2D eigenvalue weighted by Gasteiger charge is 2.53. The van der Waals surface area contributed by atoms with Crippen LogP contribution in [0.5, 0.6) is 0 Å². The number of fused-ring (bicyclic) bond motifs is 1. The Bertz CT molecular complexity index is 1390. The average Bonchev–Trinajstić information content (AvgIpc) is 3.33. The van der Waals surface area contributed by atoms with E-state index in [1.807, 2.05) is 0 Å². The van der Waals surface area contributed by atoms with Crippen LogP contribution in [0.25, 0.3) is 0 Å². The molecule has 0 radical (unpaired) electrons. The van der Waals surface area contributed by atoms with Gasteiger partial charge in [0.2, 0.25) is 6.29 Å². The molecular weight excluding hydrogens is 598 g/mol. The number of hydrogen-bond donors (Lipinski definition) is 6. The maximum atomic E-state index is 13.2. The van der Waals surface area contributed by atoms with Crippen LogP contribution in [0.3, 0.4) is 0 Å². The summed E-state index contributed by atoms with van der Waals surface area (Å²) in [6, 6.07) is -1.07. The van der Waals surface area contributed by atoms with Crippen LogP contribution in [0.2, 0.25) is 0 Å². The van der Waals surface area contributed by atoms with Crippen LogP contribution in [-0.2, 0) is 24.0 Å². The first-order valence-electron chi connectivity index (χ1n) is 11.9. The number of carboxylic acid groups (broad SMARTS) is 2. The molecular formula is C22H27N9O7S3. The number of aliphatic carboxylic acids is 2. The zero-order valence-electron chi connectivity index (χ0n) is 21.7. The molecule has 2 amide bonds. The van der Waals surface area contributed by atoms with E-state index in [0.29, 0.717) is 16.4 Å². The number of anilines is 1. The SMILES string of the molecule is CC(CC(=O)O)O/N=C(\C(=O)N[C@@H]1C(=O)N2C(C(=O)[O-])=C(CSC3=CC(N)=[NH+]C(N)N3C)CS[C@H]12)c1csc(N)n1. The summed E-state index contributed by atoms with van der Waals surface area (Å²) in [4.78, 5) is 64.2. The second kappa shape index (κ2) is 12.4. The standard InChI is InChI=1S/C22H27N9O7S3/c1-8(3-13(32)33)38-29-14(10-7-41-22(25)26-10)17(34)28-15-18(35)31-16(20(36)37)9(6-40-19(15)31)5-39-12-4-11(23)27-21(24)30(12)2/h4,7-8,15,19,21H,3,5-6,24H2,1-2H3,(H2,23,27)(H2,25,26)(H,28,34)(H,32,33)(H,36,37)/b29-14-/t8?,15-,19-,21?/m1/s1. The number of amidine groups is 1. The molecule has 0 aromatic carbocycles. The van der Waals surface area contributed by atoms with Crippen LogP contribution in [0.15, 0.2) is 32.9 Å². The van der Waals surface area contributed by atoms with Crippen molar-refractivity contribution in [2.24, 2.45) is 16.6 Å². The predicted molar refractivity (Wildman–Crippen MR) is 149 cm³/mol. The second-order valence-electron chi connectivity index (χ2n) is 9.05. The van der Waals surface area contributed by atoms with Crippen molar-refractivity contribution in [2.45, 2.75) is 37.2 Å². The van der Waals surface area contributed by atoms with Gasteiger partial charge < -0.3 is 35.8 Å². The number of oxime groups is 1. The summed E-state index contributed by atoms with van der Waals surface area (Å²) in [6.07, 6.45) is -0.107. The molecule has 9 N–H and O–H groups in total. The molecule has 4 heterocycles. The Labute approximate surface area is 245 Å². The number of nitrogens with one attached hydrogen (secondary N) is 2. The van der Waals surface area contributed by atoms with Gasteiger partial charge in [-0.25, -0.2) is 9.98 Å². The van der Waals surface area contributed by atoms with Crippen molar-refractivity contribution in [2.75, 3.05) is 24.3 Å². The molecule has 3 aliphatic rings. The fourth-order valence-corrected chi connectivity index (χ4v) is 7.12. The van der Waals surface area contributed by atoms with Crippen LogP contribution >= 0.6 is 34.9 Å². The smallest absolute Gasteiger partial charge is 0.307 e. The Morgan fingerprint density at radius 2 is 2.15 bits per heavy atom. The van der Waals surface area contributed by atoms with Crippen molar-refractivity contribution in [1.82, 2.24) is 20.1 Å². The first kappa shape index (κ1) is 30.2. The van der Waals surface area contributed by atoms with Gasteiger partial charge in [-0.3, -0.25) is 30.8 Å². The van der Waals surface area contributed by atoms with Gasteiger partial charge in [0, 0.05) is 23.9 Å². The number of hydrogen-bond acceptors (Lipinski definition) is 15. The highest BCUT2D eigenvalue weighted by atomic mass is 32.2. The number of carbonyl (C=O) groups is 4. The highest BCUT2D eigenvalue weighted by Crippen LogP contribution is 2.41. The molecule has 4 rings (SSSR count). The summed E-state index contributed by atoms with van der Waals surface area (Å²) in [5.41, 5.74) is 17.5. The topological polar surface area (TPSA) is 257 Å². The lowest BCUT2D eigenvalue weighted by Gasteiger charge is -2.50. The number of aromatic nitrogens is 1. The largest absolute Gasteiger partial charge is 0.543 e. The quantitative estimate of drug-likeness (QED) is 0.0777. The predicted octanol–water partition coefficient (Wildman–Crippen LogP) is -4.09. The lowest BCUT2D eigenvalue weighted by atomic mass is 10.0. The number of amides is 2. The van der Waals surface area contributed by atoms with E-state index in [2.05, 4.69) is 20.4 Å². The molecule has 0 spiro atoms. The molecule has 220 valence electrons. The number of β-lactam (4-membered cyclic amide) rings is 1. The molecule has 2 unspecified atom stereocenters. The monoisotopic (exact) mass is 625 g/mol. The van der Waals surface area contributed by atoms with Gasteiger partial charge in [0.15, 0.2) is 10.8 Å². The van der Waals surface area contributed by atoms with E-state index >= 15 is 0 Å². The molecule has 1 fully saturated rings. The normalized spacial score (nSPS) is 23.2. The van der Waals surface area contributed by atoms with E-state index in [0.717, 1.165) is 16.2 Å². The zero-order valence-corrected chi connectivity index (χ0v) is 24.2. The Balaban J connectivity index is 1.49. The van der Waals surface area contributed by atoms with Gasteiger partial charge in [-0.2, -0.15) is 0 Å². The molecule has 41 heavy (non-hydrogen) atoms. The molecule has 0 bridgehead atoms. The van der Waals surface area contributed by atoms with Crippen molar-refractivity contribution in [1.29, 1.82) is 0 Å². The Kier molecular flexibility index (Phi) is 9.10. The van der Waals surface area contributed by atoms with Gasteiger partial charge in [0.1, 0.15) is 23.2 Å². The number of nitrogen functional groups attached to an aromatic ring is 1. The summed E-state index contributed by atoms with van der Waals surface area (Å²) in [5, 5.41) is 29.0. The van der Waals surface area contributed by atoms with Crippen molar-refractivity contribution in [3.8, 4) is 0 Å². The van der Waals surface area contributed by atoms with E-state index in [4.69, 9.17) is 27.1 Å².